The van der Waals surface area contributed by atoms with E-state index in [1.807, 2.05) is 25.1 Å². The SMILES string of the molecule is COc1ccccc1C(=O)Nc1nc2c(C)ccc(Cl)c2s1. The third kappa shape index (κ3) is 2.65. The van der Waals surface area contributed by atoms with Crippen molar-refractivity contribution >= 4 is 44.2 Å². The maximum absolute atomic E-state index is 12.4. The Morgan fingerprint density at radius 1 is 1.27 bits per heavy atom. The summed E-state index contributed by atoms with van der Waals surface area (Å²) < 4.78 is 6.07. The Hall–Kier alpha value is -2.11. The summed E-state index contributed by atoms with van der Waals surface area (Å²) in [6, 6.07) is 10.8. The molecule has 0 aliphatic heterocycles. The van der Waals surface area contributed by atoms with Crippen LogP contribution in [-0.4, -0.2) is 18.0 Å². The monoisotopic (exact) mass is 332 g/mol. The first kappa shape index (κ1) is 14.8. The van der Waals surface area contributed by atoms with Crippen LogP contribution in [0.4, 0.5) is 5.13 Å². The van der Waals surface area contributed by atoms with Gasteiger partial charge < -0.3 is 4.74 Å². The number of para-hydroxylation sites is 1. The van der Waals surface area contributed by atoms with Crippen molar-refractivity contribution in [2.45, 2.75) is 6.92 Å². The third-order valence-corrected chi connectivity index (χ3v) is 4.70. The number of anilines is 1. The van der Waals surface area contributed by atoms with Gasteiger partial charge in [0, 0.05) is 0 Å². The fraction of sp³-hybridized carbons (Fsp3) is 0.125. The lowest BCUT2D eigenvalue weighted by atomic mass is 10.2. The zero-order valence-corrected chi connectivity index (χ0v) is 13.6. The summed E-state index contributed by atoms with van der Waals surface area (Å²) in [7, 11) is 1.53. The summed E-state index contributed by atoms with van der Waals surface area (Å²) in [5.41, 5.74) is 2.30. The number of nitrogens with one attached hydrogen (secondary N) is 1. The van der Waals surface area contributed by atoms with E-state index in [9.17, 15) is 4.79 Å². The summed E-state index contributed by atoms with van der Waals surface area (Å²) in [6.07, 6.45) is 0. The van der Waals surface area contributed by atoms with Crippen LogP contribution in [0.25, 0.3) is 10.2 Å². The van der Waals surface area contributed by atoms with Crippen LogP contribution in [0, 0.1) is 6.92 Å². The van der Waals surface area contributed by atoms with Gasteiger partial charge >= 0.3 is 0 Å². The van der Waals surface area contributed by atoms with E-state index < -0.39 is 0 Å². The lowest BCUT2D eigenvalue weighted by molar-refractivity contribution is 0.102. The van der Waals surface area contributed by atoms with Gasteiger partial charge in [-0.25, -0.2) is 4.98 Å². The Kier molecular flexibility index (Phi) is 4.00. The molecular formula is C16H13ClN2O2S. The quantitative estimate of drug-likeness (QED) is 0.767. The molecule has 0 saturated heterocycles. The summed E-state index contributed by atoms with van der Waals surface area (Å²) >= 11 is 7.54. The molecule has 0 spiro atoms. The molecule has 0 bridgehead atoms. The first-order valence-corrected chi connectivity index (χ1v) is 7.79. The molecule has 0 aliphatic rings. The molecule has 112 valence electrons. The second-order valence-corrected chi connectivity index (χ2v) is 6.12. The van der Waals surface area contributed by atoms with Gasteiger partial charge in [0.1, 0.15) is 5.75 Å². The normalized spacial score (nSPS) is 10.7. The summed E-state index contributed by atoms with van der Waals surface area (Å²) in [6.45, 7) is 1.96. The number of ether oxygens (including phenoxy) is 1. The zero-order valence-electron chi connectivity index (χ0n) is 12.0. The lowest BCUT2D eigenvalue weighted by Crippen LogP contribution is -2.12. The molecule has 0 atom stereocenters. The number of halogens is 1. The number of thiazole rings is 1. The minimum absolute atomic E-state index is 0.259. The van der Waals surface area contributed by atoms with Crippen LogP contribution < -0.4 is 10.1 Å². The van der Waals surface area contributed by atoms with Crippen molar-refractivity contribution in [3.05, 3.63) is 52.5 Å². The first-order chi connectivity index (χ1) is 10.6. The van der Waals surface area contributed by atoms with Crippen molar-refractivity contribution in [3.8, 4) is 5.75 Å². The van der Waals surface area contributed by atoms with Crippen molar-refractivity contribution in [1.29, 1.82) is 0 Å². The predicted octanol–water partition coefficient (Wildman–Crippen LogP) is 4.52. The Morgan fingerprint density at radius 3 is 2.77 bits per heavy atom. The van der Waals surface area contributed by atoms with Crippen LogP contribution in [-0.2, 0) is 0 Å². The average Bonchev–Trinajstić information content (AvgIpc) is 2.96. The number of benzene rings is 2. The molecule has 0 fully saturated rings. The van der Waals surface area contributed by atoms with E-state index in [1.54, 1.807) is 18.2 Å². The summed E-state index contributed by atoms with van der Waals surface area (Å²) in [5.74, 6) is 0.264. The van der Waals surface area contributed by atoms with Gasteiger partial charge in [-0.2, -0.15) is 0 Å². The van der Waals surface area contributed by atoms with Crippen LogP contribution in [0.5, 0.6) is 5.75 Å². The summed E-state index contributed by atoms with van der Waals surface area (Å²) in [4.78, 5) is 16.8. The van der Waals surface area contributed by atoms with E-state index in [-0.39, 0.29) is 5.91 Å². The number of aryl methyl sites for hydroxylation is 1. The van der Waals surface area contributed by atoms with Crippen LogP contribution in [0.3, 0.4) is 0 Å². The van der Waals surface area contributed by atoms with Gasteiger partial charge in [-0.3, -0.25) is 10.1 Å². The van der Waals surface area contributed by atoms with E-state index in [0.29, 0.717) is 21.5 Å². The van der Waals surface area contributed by atoms with E-state index in [1.165, 1.54) is 18.4 Å². The molecule has 6 heteroatoms. The molecule has 1 amide bonds. The van der Waals surface area contributed by atoms with E-state index in [2.05, 4.69) is 10.3 Å². The maximum atomic E-state index is 12.4. The van der Waals surface area contributed by atoms with Gasteiger partial charge in [0.05, 0.1) is 27.9 Å². The largest absolute Gasteiger partial charge is 0.496 e. The number of carbonyl (C=O) groups excluding carboxylic acids is 1. The molecule has 3 aromatic rings. The Bertz CT molecular complexity index is 821. The molecule has 1 heterocycles. The highest BCUT2D eigenvalue weighted by Crippen LogP contribution is 2.34. The first-order valence-electron chi connectivity index (χ1n) is 6.60. The van der Waals surface area contributed by atoms with Crippen molar-refractivity contribution in [3.63, 3.8) is 0 Å². The lowest BCUT2D eigenvalue weighted by Gasteiger charge is -2.06. The smallest absolute Gasteiger partial charge is 0.261 e. The van der Waals surface area contributed by atoms with Crippen molar-refractivity contribution in [1.82, 2.24) is 4.98 Å². The second-order valence-electron chi connectivity index (χ2n) is 4.72. The van der Waals surface area contributed by atoms with E-state index >= 15 is 0 Å². The highest BCUT2D eigenvalue weighted by atomic mass is 35.5. The number of methoxy groups -OCH3 is 1. The number of nitrogens with zero attached hydrogens (tertiary/aromatic N) is 1. The third-order valence-electron chi connectivity index (χ3n) is 3.27. The number of hydrogen-bond donors (Lipinski definition) is 1. The zero-order chi connectivity index (χ0) is 15.7. The molecule has 1 N–H and O–H groups in total. The van der Waals surface area contributed by atoms with Gasteiger partial charge in [-0.15, -0.1) is 0 Å². The maximum Gasteiger partial charge on any atom is 0.261 e. The minimum atomic E-state index is -0.259. The fourth-order valence-corrected chi connectivity index (χ4v) is 3.36. The van der Waals surface area contributed by atoms with Crippen molar-refractivity contribution in [2.24, 2.45) is 0 Å². The van der Waals surface area contributed by atoms with Gasteiger partial charge in [0.15, 0.2) is 5.13 Å². The van der Waals surface area contributed by atoms with E-state index in [4.69, 9.17) is 16.3 Å². The number of carbonyl (C=O) groups is 1. The molecule has 2 aromatic carbocycles. The topological polar surface area (TPSA) is 51.2 Å². The number of aromatic nitrogens is 1. The second kappa shape index (κ2) is 5.94. The standard InChI is InChI=1S/C16H13ClN2O2S/c1-9-7-8-11(17)14-13(9)18-16(22-14)19-15(20)10-5-3-4-6-12(10)21-2/h3-8H,1-2H3,(H,18,19,20). The number of amides is 1. The molecule has 4 nitrogen and oxygen atoms in total. The molecule has 0 saturated carbocycles. The van der Waals surface area contributed by atoms with Gasteiger partial charge in [-0.1, -0.05) is 41.1 Å². The van der Waals surface area contributed by atoms with Crippen LogP contribution in [0.15, 0.2) is 36.4 Å². The molecule has 3 rings (SSSR count). The Balaban J connectivity index is 1.95. The van der Waals surface area contributed by atoms with Crippen molar-refractivity contribution < 1.29 is 9.53 Å². The van der Waals surface area contributed by atoms with Crippen LogP contribution in [0.1, 0.15) is 15.9 Å². The van der Waals surface area contributed by atoms with Gasteiger partial charge in [0.25, 0.3) is 5.91 Å². The van der Waals surface area contributed by atoms with Crippen molar-refractivity contribution in [2.75, 3.05) is 12.4 Å². The minimum Gasteiger partial charge on any atom is -0.496 e. The highest BCUT2D eigenvalue weighted by Gasteiger charge is 2.15. The van der Waals surface area contributed by atoms with E-state index in [0.717, 1.165) is 15.8 Å². The fourth-order valence-electron chi connectivity index (χ4n) is 2.15. The molecule has 0 unspecified atom stereocenters. The van der Waals surface area contributed by atoms with Crippen LogP contribution in [0.2, 0.25) is 5.02 Å². The van der Waals surface area contributed by atoms with Gasteiger partial charge in [0.2, 0.25) is 0 Å². The molecule has 22 heavy (non-hydrogen) atoms. The number of rotatable bonds is 3. The van der Waals surface area contributed by atoms with Gasteiger partial charge in [-0.05, 0) is 30.7 Å². The predicted molar refractivity (Wildman–Crippen MR) is 90.3 cm³/mol. The highest BCUT2D eigenvalue weighted by molar-refractivity contribution is 7.23. The average molecular weight is 333 g/mol. The Morgan fingerprint density at radius 2 is 2.05 bits per heavy atom. The summed E-state index contributed by atoms with van der Waals surface area (Å²) in [5, 5.41) is 3.96. The van der Waals surface area contributed by atoms with Crippen LogP contribution >= 0.6 is 22.9 Å². The Labute approximate surface area is 136 Å². The number of fused-ring (bicyclic) bond motifs is 1. The molecule has 0 radical (unpaired) electrons. The molecule has 0 aliphatic carbocycles. The molecular weight excluding hydrogens is 320 g/mol. The number of hydrogen-bond acceptors (Lipinski definition) is 4. The molecule has 1 aromatic heterocycles.